The van der Waals surface area contributed by atoms with Crippen LogP contribution >= 0.6 is 0 Å². The minimum atomic E-state index is -0.387. The van der Waals surface area contributed by atoms with E-state index in [1.807, 2.05) is 20.8 Å². The van der Waals surface area contributed by atoms with Crippen LogP contribution in [0.3, 0.4) is 0 Å². The molecule has 0 saturated carbocycles. The lowest BCUT2D eigenvalue weighted by Crippen LogP contribution is -2.56. The smallest absolute Gasteiger partial charge is 0.325 e. The van der Waals surface area contributed by atoms with Gasteiger partial charge in [-0.25, -0.2) is 10.0 Å². The van der Waals surface area contributed by atoms with Gasteiger partial charge in [-0.1, -0.05) is 6.42 Å². The van der Waals surface area contributed by atoms with Gasteiger partial charge in [-0.05, 0) is 52.9 Å². The van der Waals surface area contributed by atoms with Crippen molar-refractivity contribution in [2.45, 2.75) is 70.9 Å². The van der Waals surface area contributed by atoms with Crippen molar-refractivity contribution in [3.8, 4) is 0 Å². The van der Waals surface area contributed by atoms with E-state index in [-0.39, 0.29) is 17.6 Å². The van der Waals surface area contributed by atoms with Crippen LogP contribution in [0.25, 0.3) is 0 Å². The number of carbonyl (C=O) groups excluding carboxylic acids is 1. The molecule has 2 rings (SSSR count). The molecule has 0 bridgehead atoms. The zero-order valence-corrected chi connectivity index (χ0v) is 12.7. The van der Waals surface area contributed by atoms with Gasteiger partial charge in [0.1, 0.15) is 11.6 Å². The fraction of sp³-hybridized carbons (Fsp3) is 0.933. The highest BCUT2D eigenvalue weighted by atomic mass is 16.6. The summed E-state index contributed by atoms with van der Waals surface area (Å²) in [6, 6.07) is -0.0638. The van der Waals surface area contributed by atoms with Crippen molar-refractivity contribution < 1.29 is 9.53 Å². The Kier molecular flexibility index (Phi) is 4.85. The largest absolute Gasteiger partial charge is 0.459 e. The van der Waals surface area contributed by atoms with Crippen LogP contribution in [0.2, 0.25) is 0 Å². The van der Waals surface area contributed by atoms with E-state index < -0.39 is 0 Å². The minimum Gasteiger partial charge on any atom is -0.459 e. The van der Waals surface area contributed by atoms with E-state index >= 15 is 0 Å². The van der Waals surface area contributed by atoms with Gasteiger partial charge in [-0.15, -0.1) is 0 Å². The Hall–Kier alpha value is -0.610. The molecule has 110 valence electrons. The maximum Gasteiger partial charge on any atom is 0.325 e. The Bertz CT molecular complexity index is 306. The number of hydrazine groups is 1. The Morgan fingerprint density at radius 3 is 2.26 bits per heavy atom. The summed E-state index contributed by atoms with van der Waals surface area (Å²) < 4.78 is 5.59. The predicted molar refractivity (Wildman–Crippen MR) is 75.6 cm³/mol. The molecule has 2 heterocycles. The summed E-state index contributed by atoms with van der Waals surface area (Å²) in [5, 5.41) is 4.67. The van der Waals surface area contributed by atoms with Gasteiger partial charge in [0, 0.05) is 19.6 Å². The molecule has 0 aromatic rings. The second kappa shape index (κ2) is 6.23. The SMILES string of the molecule is CC(C)(C)OC(=O)C1CCCCN1N1CCCCC1. The number of esters is 1. The molecule has 0 N–H and O–H groups in total. The summed E-state index contributed by atoms with van der Waals surface area (Å²) in [6.45, 7) is 9.03. The van der Waals surface area contributed by atoms with Crippen LogP contribution in [0.5, 0.6) is 0 Å². The molecule has 4 heteroatoms. The first-order chi connectivity index (χ1) is 8.97. The maximum absolute atomic E-state index is 12.4. The highest BCUT2D eigenvalue weighted by Crippen LogP contribution is 2.24. The zero-order chi connectivity index (χ0) is 13.9. The highest BCUT2D eigenvalue weighted by Gasteiger charge is 2.35. The minimum absolute atomic E-state index is 0.0437. The summed E-state index contributed by atoms with van der Waals surface area (Å²) in [5.41, 5.74) is -0.387. The molecular weight excluding hydrogens is 240 g/mol. The number of nitrogens with zero attached hydrogens (tertiary/aromatic N) is 2. The molecule has 2 saturated heterocycles. The van der Waals surface area contributed by atoms with E-state index in [0.29, 0.717) is 0 Å². The van der Waals surface area contributed by atoms with E-state index in [4.69, 9.17) is 4.74 Å². The Balaban J connectivity index is 2.00. The molecule has 0 spiro atoms. The van der Waals surface area contributed by atoms with Gasteiger partial charge in [0.15, 0.2) is 0 Å². The van der Waals surface area contributed by atoms with E-state index in [2.05, 4.69) is 10.0 Å². The lowest BCUT2D eigenvalue weighted by molar-refractivity contribution is -0.175. The van der Waals surface area contributed by atoms with Gasteiger partial charge in [-0.3, -0.25) is 4.79 Å². The second-order valence-electron chi connectivity index (χ2n) is 6.72. The fourth-order valence-corrected chi connectivity index (χ4v) is 3.00. The molecule has 0 amide bonds. The van der Waals surface area contributed by atoms with Crippen LogP contribution in [-0.4, -0.2) is 47.3 Å². The topological polar surface area (TPSA) is 32.8 Å². The van der Waals surface area contributed by atoms with Crippen LogP contribution < -0.4 is 0 Å². The van der Waals surface area contributed by atoms with Crippen LogP contribution in [-0.2, 0) is 9.53 Å². The Morgan fingerprint density at radius 1 is 1.00 bits per heavy atom. The quantitative estimate of drug-likeness (QED) is 0.721. The van der Waals surface area contributed by atoms with Crippen LogP contribution in [0.1, 0.15) is 59.3 Å². The van der Waals surface area contributed by atoms with E-state index in [1.165, 1.54) is 25.7 Å². The predicted octanol–water partition coefficient (Wildman–Crippen LogP) is 2.58. The Morgan fingerprint density at radius 2 is 1.63 bits per heavy atom. The van der Waals surface area contributed by atoms with Crippen LogP contribution in [0.4, 0.5) is 0 Å². The maximum atomic E-state index is 12.4. The van der Waals surface area contributed by atoms with Gasteiger partial charge in [0.25, 0.3) is 0 Å². The first kappa shape index (κ1) is 14.8. The van der Waals surface area contributed by atoms with Gasteiger partial charge in [0.2, 0.25) is 0 Å². The lowest BCUT2D eigenvalue weighted by Gasteiger charge is -2.44. The number of ether oxygens (including phenoxy) is 1. The number of rotatable bonds is 2. The first-order valence-electron chi connectivity index (χ1n) is 7.72. The van der Waals surface area contributed by atoms with Gasteiger partial charge in [-0.2, -0.15) is 0 Å². The number of hydrogen-bond donors (Lipinski definition) is 0. The average molecular weight is 268 g/mol. The van der Waals surface area contributed by atoms with Crippen molar-refractivity contribution in [1.82, 2.24) is 10.0 Å². The molecule has 19 heavy (non-hydrogen) atoms. The molecule has 0 radical (unpaired) electrons. The molecule has 0 aliphatic carbocycles. The molecular formula is C15H28N2O2. The van der Waals surface area contributed by atoms with Gasteiger partial charge < -0.3 is 4.74 Å². The fourth-order valence-electron chi connectivity index (χ4n) is 3.00. The third-order valence-corrected chi connectivity index (χ3v) is 3.85. The molecule has 0 aromatic carbocycles. The summed E-state index contributed by atoms with van der Waals surface area (Å²) in [6.07, 6.45) is 7.08. The average Bonchev–Trinajstić information content (AvgIpc) is 2.38. The van der Waals surface area contributed by atoms with E-state index in [0.717, 1.165) is 32.5 Å². The number of piperidine rings is 2. The van der Waals surface area contributed by atoms with Crippen molar-refractivity contribution in [2.24, 2.45) is 0 Å². The summed E-state index contributed by atoms with van der Waals surface area (Å²) in [5.74, 6) is -0.0437. The molecule has 0 aromatic heterocycles. The van der Waals surface area contributed by atoms with Crippen LogP contribution in [0, 0.1) is 0 Å². The molecule has 4 nitrogen and oxygen atoms in total. The van der Waals surface area contributed by atoms with Crippen molar-refractivity contribution in [2.75, 3.05) is 19.6 Å². The lowest BCUT2D eigenvalue weighted by atomic mass is 10.0. The van der Waals surface area contributed by atoms with Crippen molar-refractivity contribution in [3.05, 3.63) is 0 Å². The molecule has 2 aliphatic rings. The first-order valence-corrected chi connectivity index (χ1v) is 7.72. The highest BCUT2D eigenvalue weighted by molar-refractivity contribution is 5.76. The molecule has 2 aliphatic heterocycles. The molecule has 2 fully saturated rings. The van der Waals surface area contributed by atoms with Gasteiger partial charge >= 0.3 is 5.97 Å². The summed E-state index contributed by atoms with van der Waals surface area (Å²) >= 11 is 0. The second-order valence-corrected chi connectivity index (χ2v) is 6.72. The zero-order valence-electron chi connectivity index (χ0n) is 12.7. The third-order valence-electron chi connectivity index (χ3n) is 3.85. The summed E-state index contributed by atoms with van der Waals surface area (Å²) in [7, 11) is 0. The summed E-state index contributed by atoms with van der Waals surface area (Å²) in [4.78, 5) is 12.4. The van der Waals surface area contributed by atoms with Crippen molar-refractivity contribution in [3.63, 3.8) is 0 Å². The normalized spacial score (nSPS) is 27.2. The van der Waals surface area contributed by atoms with Gasteiger partial charge in [0.05, 0.1) is 0 Å². The third kappa shape index (κ3) is 4.18. The number of carbonyl (C=O) groups is 1. The van der Waals surface area contributed by atoms with E-state index in [9.17, 15) is 4.79 Å². The van der Waals surface area contributed by atoms with Crippen molar-refractivity contribution in [1.29, 1.82) is 0 Å². The molecule has 1 unspecified atom stereocenters. The standard InChI is InChI=1S/C15H28N2O2/c1-15(2,3)19-14(18)13-9-5-8-12-17(13)16-10-6-4-7-11-16/h13H,4-12H2,1-3H3. The van der Waals surface area contributed by atoms with Crippen molar-refractivity contribution >= 4 is 5.97 Å². The molecule has 1 atom stereocenters. The Labute approximate surface area is 117 Å². The van der Waals surface area contributed by atoms with E-state index in [1.54, 1.807) is 0 Å². The number of hydrogen-bond acceptors (Lipinski definition) is 4. The van der Waals surface area contributed by atoms with Crippen LogP contribution in [0.15, 0.2) is 0 Å². The monoisotopic (exact) mass is 268 g/mol.